The van der Waals surface area contributed by atoms with E-state index in [9.17, 15) is 8.78 Å². The molecule has 2 aromatic rings. The molecule has 1 unspecified atom stereocenters. The van der Waals surface area contributed by atoms with Crippen LogP contribution in [-0.4, -0.2) is 0 Å². The molecule has 2 N–H and O–H groups in total. The summed E-state index contributed by atoms with van der Waals surface area (Å²) in [5.74, 6) is -1.19. The predicted molar refractivity (Wildman–Crippen MR) is 76.0 cm³/mol. The third kappa shape index (κ3) is 2.69. The minimum atomic E-state index is -0.822. The molecule has 19 heavy (non-hydrogen) atoms. The topological polar surface area (TPSA) is 26.0 Å². The van der Waals surface area contributed by atoms with Crippen LogP contribution in [0, 0.1) is 25.5 Å². The summed E-state index contributed by atoms with van der Waals surface area (Å²) in [5.41, 5.74) is 7.97. The summed E-state index contributed by atoms with van der Waals surface area (Å²) < 4.78 is 28.8. The third-order valence-corrected chi connectivity index (χ3v) is 3.70. The highest BCUT2D eigenvalue weighted by molar-refractivity contribution is 9.10. The van der Waals surface area contributed by atoms with Gasteiger partial charge < -0.3 is 5.73 Å². The van der Waals surface area contributed by atoms with Crippen LogP contribution in [0.1, 0.15) is 28.3 Å². The fraction of sp³-hybridized carbons (Fsp3) is 0.200. The maximum absolute atomic E-state index is 14.1. The first-order valence-corrected chi connectivity index (χ1v) is 6.67. The fourth-order valence-electron chi connectivity index (χ4n) is 2.07. The molecule has 1 nitrogen and oxygen atoms in total. The molecule has 0 fully saturated rings. The molecular weight excluding hydrogens is 312 g/mol. The Kier molecular flexibility index (Phi) is 4.02. The van der Waals surface area contributed by atoms with Crippen molar-refractivity contribution < 1.29 is 8.78 Å². The van der Waals surface area contributed by atoms with E-state index in [-0.39, 0.29) is 5.56 Å². The van der Waals surface area contributed by atoms with Crippen molar-refractivity contribution in [1.29, 1.82) is 0 Å². The Morgan fingerprint density at radius 3 is 2.37 bits per heavy atom. The lowest BCUT2D eigenvalue weighted by Gasteiger charge is -2.18. The van der Waals surface area contributed by atoms with Crippen molar-refractivity contribution in [2.75, 3.05) is 0 Å². The second-order valence-electron chi connectivity index (χ2n) is 4.57. The molecule has 0 spiro atoms. The molecular formula is C15H14BrF2N. The number of halogens is 3. The van der Waals surface area contributed by atoms with Gasteiger partial charge in [0.25, 0.3) is 0 Å². The van der Waals surface area contributed by atoms with E-state index in [2.05, 4.69) is 15.9 Å². The number of hydrogen-bond acceptors (Lipinski definition) is 1. The molecule has 2 rings (SSSR count). The van der Waals surface area contributed by atoms with Gasteiger partial charge in [-0.3, -0.25) is 0 Å². The molecule has 0 bridgehead atoms. The maximum atomic E-state index is 14.1. The van der Waals surface area contributed by atoms with Crippen molar-refractivity contribution in [3.05, 3.63) is 68.7 Å². The first-order valence-electron chi connectivity index (χ1n) is 5.88. The van der Waals surface area contributed by atoms with E-state index < -0.39 is 17.7 Å². The van der Waals surface area contributed by atoms with Gasteiger partial charge in [0.1, 0.15) is 11.6 Å². The summed E-state index contributed by atoms with van der Waals surface area (Å²) >= 11 is 3.35. The minimum absolute atomic E-state index is 0.0822. The number of rotatable bonds is 2. The number of nitrogens with two attached hydrogens (primary N) is 1. The van der Waals surface area contributed by atoms with Gasteiger partial charge in [-0.2, -0.15) is 0 Å². The molecule has 0 aliphatic heterocycles. The van der Waals surface area contributed by atoms with E-state index >= 15 is 0 Å². The Morgan fingerprint density at radius 1 is 1.05 bits per heavy atom. The molecule has 100 valence electrons. The van der Waals surface area contributed by atoms with Crippen molar-refractivity contribution in [2.45, 2.75) is 19.9 Å². The highest BCUT2D eigenvalue weighted by Crippen LogP contribution is 2.30. The molecule has 0 saturated carbocycles. The van der Waals surface area contributed by atoms with Gasteiger partial charge in [-0.1, -0.05) is 28.1 Å². The van der Waals surface area contributed by atoms with E-state index in [0.717, 1.165) is 10.0 Å². The zero-order valence-corrected chi connectivity index (χ0v) is 12.3. The van der Waals surface area contributed by atoms with Crippen LogP contribution in [0.4, 0.5) is 8.78 Å². The van der Waals surface area contributed by atoms with Gasteiger partial charge in [-0.05, 0) is 48.7 Å². The Balaban J connectivity index is 2.59. The molecule has 0 aliphatic rings. The number of aryl methyl sites for hydroxylation is 2. The van der Waals surface area contributed by atoms with Crippen LogP contribution >= 0.6 is 15.9 Å². The third-order valence-electron chi connectivity index (χ3n) is 3.21. The van der Waals surface area contributed by atoms with Gasteiger partial charge >= 0.3 is 0 Å². The van der Waals surface area contributed by atoms with Crippen molar-refractivity contribution in [3.8, 4) is 0 Å². The summed E-state index contributed by atoms with van der Waals surface area (Å²) in [6.07, 6.45) is 0. The summed E-state index contributed by atoms with van der Waals surface area (Å²) in [6.45, 7) is 3.46. The quantitative estimate of drug-likeness (QED) is 0.870. The monoisotopic (exact) mass is 325 g/mol. The van der Waals surface area contributed by atoms with Crippen molar-refractivity contribution in [3.63, 3.8) is 0 Å². The average molecular weight is 326 g/mol. The fourth-order valence-corrected chi connectivity index (χ4v) is 2.44. The Hall–Kier alpha value is -1.26. The van der Waals surface area contributed by atoms with Gasteiger partial charge in [-0.25, -0.2) is 8.78 Å². The van der Waals surface area contributed by atoms with Crippen molar-refractivity contribution in [1.82, 2.24) is 0 Å². The minimum Gasteiger partial charge on any atom is -0.320 e. The van der Waals surface area contributed by atoms with Crippen LogP contribution in [-0.2, 0) is 0 Å². The zero-order chi connectivity index (χ0) is 14.2. The second-order valence-corrected chi connectivity index (χ2v) is 5.49. The largest absolute Gasteiger partial charge is 0.320 e. The molecule has 0 amide bonds. The first kappa shape index (κ1) is 14.2. The van der Waals surface area contributed by atoms with Crippen LogP contribution in [0.25, 0.3) is 0 Å². The molecule has 2 aromatic carbocycles. The van der Waals surface area contributed by atoms with Crippen molar-refractivity contribution in [2.24, 2.45) is 5.73 Å². The average Bonchev–Trinajstić information content (AvgIpc) is 2.37. The molecule has 0 aliphatic carbocycles. The van der Waals surface area contributed by atoms with Gasteiger partial charge in [0.2, 0.25) is 0 Å². The Bertz CT molecular complexity index is 626. The van der Waals surface area contributed by atoms with E-state index in [1.54, 1.807) is 13.0 Å². The lowest BCUT2D eigenvalue weighted by molar-refractivity contribution is 0.537. The van der Waals surface area contributed by atoms with Gasteiger partial charge in [0.15, 0.2) is 0 Å². The Morgan fingerprint density at radius 2 is 1.68 bits per heavy atom. The standard InChI is InChI=1S/C15H14BrF2N/c1-8-3-5-10(16)7-11(8)15(19)13-12(17)6-4-9(2)14(13)18/h3-7,15H,19H2,1-2H3. The molecule has 0 aromatic heterocycles. The molecule has 4 heteroatoms. The van der Waals surface area contributed by atoms with Gasteiger partial charge in [0, 0.05) is 10.0 Å². The van der Waals surface area contributed by atoms with E-state index in [4.69, 9.17) is 5.73 Å². The number of benzene rings is 2. The number of hydrogen-bond donors (Lipinski definition) is 1. The van der Waals surface area contributed by atoms with E-state index in [0.29, 0.717) is 11.1 Å². The highest BCUT2D eigenvalue weighted by Gasteiger charge is 2.21. The van der Waals surface area contributed by atoms with E-state index in [1.165, 1.54) is 12.1 Å². The van der Waals surface area contributed by atoms with Crippen LogP contribution < -0.4 is 5.73 Å². The maximum Gasteiger partial charge on any atom is 0.134 e. The summed E-state index contributed by atoms with van der Waals surface area (Å²) in [4.78, 5) is 0. The van der Waals surface area contributed by atoms with Crippen LogP contribution in [0.2, 0.25) is 0 Å². The molecule has 0 radical (unpaired) electrons. The smallest absolute Gasteiger partial charge is 0.134 e. The SMILES string of the molecule is Cc1ccc(Br)cc1C(N)c1c(F)ccc(C)c1F. The lowest BCUT2D eigenvalue weighted by atomic mass is 9.94. The highest BCUT2D eigenvalue weighted by atomic mass is 79.9. The summed E-state index contributed by atoms with van der Waals surface area (Å²) in [7, 11) is 0. The second kappa shape index (κ2) is 5.39. The summed E-state index contributed by atoms with van der Waals surface area (Å²) in [5, 5.41) is 0. The van der Waals surface area contributed by atoms with Gasteiger partial charge in [0.05, 0.1) is 6.04 Å². The van der Waals surface area contributed by atoms with Crippen LogP contribution in [0.15, 0.2) is 34.8 Å². The first-order chi connectivity index (χ1) is 8.91. The van der Waals surface area contributed by atoms with Crippen LogP contribution in [0.3, 0.4) is 0 Å². The summed E-state index contributed by atoms with van der Waals surface area (Å²) in [6, 6.07) is 7.37. The van der Waals surface area contributed by atoms with Crippen molar-refractivity contribution >= 4 is 15.9 Å². The van der Waals surface area contributed by atoms with E-state index in [1.807, 2.05) is 19.1 Å². The lowest BCUT2D eigenvalue weighted by Crippen LogP contribution is -2.17. The Labute approximate surface area is 119 Å². The molecule has 1 atom stereocenters. The molecule has 0 saturated heterocycles. The predicted octanol–water partition coefficient (Wildman–Crippen LogP) is 4.39. The zero-order valence-electron chi connectivity index (χ0n) is 10.7. The molecule has 0 heterocycles. The normalized spacial score (nSPS) is 12.5. The van der Waals surface area contributed by atoms with Crippen LogP contribution in [0.5, 0.6) is 0 Å². The van der Waals surface area contributed by atoms with Gasteiger partial charge in [-0.15, -0.1) is 0 Å².